The molecule has 0 fully saturated rings. The third kappa shape index (κ3) is 4.89. The van der Waals surface area contributed by atoms with Crippen LogP contribution in [0.25, 0.3) is 16.9 Å². The predicted molar refractivity (Wildman–Crippen MR) is 131 cm³/mol. The van der Waals surface area contributed by atoms with Crippen molar-refractivity contribution in [2.45, 2.75) is 4.90 Å². The Morgan fingerprint density at radius 3 is 2.25 bits per heavy atom. The number of nitrogens with one attached hydrogen (secondary N) is 1. The van der Waals surface area contributed by atoms with E-state index in [0.29, 0.717) is 16.7 Å². The van der Waals surface area contributed by atoms with Crippen LogP contribution in [-0.4, -0.2) is 24.3 Å². The summed E-state index contributed by atoms with van der Waals surface area (Å²) in [6.07, 6.45) is 3.17. The molecule has 178 valence electrons. The minimum Gasteiger partial charge on any atom is -0.858 e. The van der Waals surface area contributed by atoms with Crippen LogP contribution in [0.2, 0.25) is 0 Å². The van der Waals surface area contributed by atoms with E-state index in [0.717, 1.165) is 0 Å². The lowest BCUT2D eigenvalue weighted by Gasteiger charge is -2.11. The second-order valence-electron chi connectivity index (χ2n) is 7.70. The summed E-state index contributed by atoms with van der Waals surface area (Å²) in [6, 6.07) is 23.3. The fourth-order valence-corrected chi connectivity index (χ4v) is 4.48. The lowest BCUT2D eigenvalue weighted by Crippen LogP contribution is -2.33. The van der Waals surface area contributed by atoms with E-state index in [9.17, 15) is 17.9 Å². The molecule has 2 heterocycles. The van der Waals surface area contributed by atoms with Crippen molar-refractivity contribution in [2.24, 2.45) is 4.99 Å². The number of halogens is 1. The Kier molecular flexibility index (Phi) is 6.09. The molecule has 5 rings (SSSR count). The maximum Gasteiger partial charge on any atom is 0.372 e. The zero-order valence-corrected chi connectivity index (χ0v) is 19.4. The standard InChI is InChI=1S/C26H18FN5O3S/c27-19-14-12-18(13-15-19)26(33)28-20-7-6-16-32(17-20)25-24(29-22-10-4-5-11-23(22)30-25)31-36(34,35)21-8-2-1-3-9-21/h1-17H,(H-,28,29,31,33). The predicted octanol–water partition coefficient (Wildman–Crippen LogP) is 3.29. The quantitative estimate of drug-likeness (QED) is 0.219. The van der Waals surface area contributed by atoms with Gasteiger partial charge < -0.3 is 5.11 Å². The number of rotatable bonds is 6. The maximum atomic E-state index is 13.2. The molecule has 10 heteroatoms. The molecule has 8 nitrogen and oxygen atoms in total. The molecule has 0 spiro atoms. The molecule has 0 bridgehead atoms. The highest BCUT2D eigenvalue weighted by Gasteiger charge is 2.25. The van der Waals surface area contributed by atoms with Crippen molar-refractivity contribution in [1.82, 2.24) is 9.97 Å². The summed E-state index contributed by atoms with van der Waals surface area (Å²) in [6.45, 7) is 0. The molecule has 0 saturated heterocycles. The Labute approximate surface area is 206 Å². The summed E-state index contributed by atoms with van der Waals surface area (Å²) in [5.74, 6) is -0.809. The first-order valence-corrected chi connectivity index (χ1v) is 12.3. The minimum atomic E-state index is -3.96. The van der Waals surface area contributed by atoms with Gasteiger partial charge in [-0.1, -0.05) is 42.5 Å². The Bertz CT molecular complexity index is 1690. The lowest BCUT2D eigenvalue weighted by atomic mass is 10.2. The Balaban J connectivity index is 1.59. The molecule has 0 unspecified atom stereocenters. The molecule has 0 atom stereocenters. The summed E-state index contributed by atoms with van der Waals surface area (Å²) in [5, 5.41) is 12.5. The van der Waals surface area contributed by atoms with Gasteiger partial charge >= 0.3 is 5.82 Å². The van der Waals surface area contributed by atoms with E-state index in [2.05, 4.69) is 19.7 Å². The smallest absolute Gasteiger partial charge is 0.372 e. The van der Waals surface area contributed by atoms with Gasteiger partial charge in [0.05, 0.1) is 11.1 Å². The highest BCUT2D eigenvalue weighted by atomic mass is 32.2. The first kappa shape index (κ1) is 23.1. The fourth-order valence-electron chi connectivity index (χ4n) is 3.46. The van der Waals surface area contributed by atoms with Gasteiger partial charge in [-0.3, -0.25) is 9.71 Å². The van der Waals surface area contributed by atoms with Crippen LogP contribution >= 0.6 is 0 Å². The van der Waals surface area contributed by atoms with E-state index >= 15 is 0 Å². The number of nitrogens with zero attached hydrogens (tertiary/aromatic N) is 4. The van der Waals surface area contributed by atoms with Crippen LogP contribution in [0.4, 0.5) is 15.9 Å². The molecule has 1 N–H and O–H groups in total. The van der Waals surface area contributed by atoms with Crippen molar-refractivity contribution in [1.29, 1.82) is 0 Å². The molecule has 0 aliphatic carbocycles. The number of anilines is 1. The molecular formula is C26H18FN5O3S. The largest absolute Gasteiger partial charge is 0.858 e. The van der Waals surface area contributed by atoms with Gasteiger partial charge in [0.2, 0.25) is 11.3 Å². The van der Waals surface area contributed by atoms with Gasteiger partial charge in [-0.05, 0) is 65.0 Å². The molecular weight excluding hydrogens is 481 g/mol. The van der Waals surface area contributed by atoms with Crippen molar-refractivity contribution in [3.05, 3.63) is 115 Å². The van der Waals surface area contributed by atoms with E-state index in [4.69, 9.17) is 0 Å². The number of hydrogen-bond donors (Lipinski definition) is 1. The van der Waals surface area contributed by atoms with Crippen molar-refractivity contribution in [3.63, 3.8) is 0 Å². The summed E-state index contributed by atoms with van der Waals surface area (Å²) in [4.78, 5) is 13.3. The first-order valence-electron chi connectivity index (χ1n) is 10.8. The number of hydrogen-bond acceptors (Lipinski definition) is 6. The molecule has 0 radical (unpaired) electrons. The van der Waals surface area contributed by atoms with Gasteiger partial charge in [0.15, 0.2) is 0 Å². The zero-order chi connectivity index (χ0) is 25.1. The average Bonchev–Trinajstić information content (AvgIpc) is 2.89. The third-order valence-electron chi connectivity index (χ3n) is 5.19. The van der Waals surface area contributed by atoms with E-state index in [1.165, 1.54) is 47.2 Å². The molecule has 0 aliphatic heterocycles. The van der Waals surface area contributed by atoms with Gasteiger partial charge in [0.1, 0.15) is 23.2 Å². The third-order valence-corrected chi connectivity index (χ3v) is 6.54. The molecule has 0 aliphatic rings. The second kappa shape index (κ2) is 9.51. The maximum absolute atomic E-state index is 13.2. The summed E-state index contributed by atoms with van der Waals surface area (Å²) in [5.41, 5.74) is 1.57. The van der Waals surface area contributed by atoms with Crippen LogP contribution in [0.3, 0.4) is 0 Å². The Morgan fingerprint density at radius 1 is 0.861 bits per heavy atom. The van der Waals surface area contributed by atoms with Gasteiger partial charge in [0, 0.05) is 0 Å². The average molecular weight is 500 g/mol. The number of pyridine rings is 1. The number of fused-ring (bicyclic) bond motifs is 1. The lowest BCUT2D eigenvalue weighted by molar-refractivity contribution is -0.598. The summed E-state index contributed by atoms with van der Waals surface area (Å²) in [7, 11) is -3.96. The molecule has 3 aromatic carbocycles. The highest BCUT2D eigenvalue weighted by Crippen LogP contribution is 2.21. The molecule has 2 aromatic heterocycles. The van der Waals surface area contributed by atoms with E-state index in [-0.39, 0.29) is 22.1 Å². The van der Waals surface area contributed by atoms with Crippen molar-refractivity contribution in [2.75, 3.05) is 4.72 Å². The Morgan fingerprint density at radius 2 is 1.53 bits per heavy atom. The van der Waals surface area contributed by atoms with Crippen LogP contribution in [0.5, 0.6) is 0 Å². The van der Waals surface area contributed by atoms with Gasteiger partial charge in [-0.15, -0.1) is 0 Å². The normalized spacial score (nSPS) is 12.0. The molecule has 0 saturated carbocycles. The van der Waals surface area contributed by atoms with Gasteiger partial charge in [-0.25, -0.2) is 17.8 Å². The number of aliphatic imine (C=N–C) groups is 1. The summed E-state index contributed by atoms with van der Waals surface area (Å²) >= 11 is 0. The van der Waals surface area contributed by atoms with Crippen LogP contribution in [-0.2, 0) is 10.0 Å². The Hall–Kier alpha value is -4.70. The number of para-hydroxylation sites is 2. The van der Waals surface area contributed by atoms with E-state index in [1.807, 2.05) is 0 Å². The number of sulfonamides is 1. The molecule has 5 aromatic rings. The topological polar surface area (TPSA) is 111 Å². The van der Waals surface area contributed by atoms with Crippen molar-refractivity contribution < 1.29 is 22.5 Å². The second-order valence-corrected chi connectivity index (χ2v) is 9.38. The van der Waals surface area contributed by atoms with Crippen LogP contribution in [0.15, 0.2) is 113 Å². The van der Waals surface area contributed by atoms with E-state index < -0.39 is 21.7 Å². The molecule has 0 amide bonds. The van der Waals surface area contributed by atoms with Crippen LogP contribution in [0, 0.1) is 5.82 Å². The minimum absolute atomic E-state index is 0.00423. The van der Waals surface area contributed by atoms with Gasteiger partial charge in [0.25, 0.3) is 10.0 Å². The van der Waals surface area contributed by atoms with Crippen LogP contribution < -0.4 is 14.4 Å². The SMILES string of the molecule is O=S(=O)(Nc1nc2ccccc2nc1-[n+]1cccc(N=C([O-])c2ccc(F)cc2)c1)c1ccccc1. The fraction of sp³-hybridized carbons (Fsp3) is 0. The zero-order valence-electron chi connectivity index (χ0n) is 18.6. The molecule has 36 heavy (non-hydrogen) atoms. The first-order chi connectivity index (χ1) is 17.4. The number of benzene rings is 3. The summed E-state index contributed by atoms with van der Waals surface area (Å²) < 4.78 is 43.3. The van der Waals surface area contributed by atoms with Gasteiger partial charge in [-0.2, -0.15) is 4.57 Å². The monoisotopic (exact) mass is 499 g/mol. The van der Waals surface area contributed by atoms with Crippen molar-refractivity contribution in [3.8, 4) is 5.82 Å². The highest BCUT2D eigenvalue weighted by molar-refractivity contribution is 7.92. The number of aromatic nitrogens is 3. The van der Waals surface area contributed by atoms with E-state index in [1.54, 1.807) is 60.8 Å². The van der Waals surface area contributed by atoms with Crippen LogP contribution in [0.1, 0.15) is 5.56 Å². The van der Waals surface area contributed by atoms with Crippen molar-refractivity contribution >= 4 is 38.5 Å².